The molecule has 0 radical (unpaired) electrons. The van der Waals surface area contributed by atoms with Gasteiger partial charge in [0.25, 0.3) is 0 Å². The van der Waals surface area contributed by atoms with Crippen molar-refractivity contribution >= 4 is 23.4 Å². The van der Waals surface area contributed by atoms with Crippen LogP contribution in [-0.2, 0) is 33.4 Å². The van der Waals surface area contributed by atoms with Crippen LogP contribution in [0.3, 0.4) is 0 Å². The first-order chi connectivity index (χ1) is 17.3. The Bertz CT molecular complexity index is 655. The first kappa shape index (κ1) is 36.3. The third-order valence-corrected chi connectivity index (χ3v) is 5.09. The van der Waals surface area contributed by atoms with E-state index in [-0.39, 0.29) is 57.0 Å². The molecule has 9 nitrogen and oxygen atoms in total. The molecule has 210 valence electrons. The molecule has 0 aromatic heterocycles. The summed E-state index contributed by atoms with van der Waals surface area (Å²) in [6.07, 6.45) is 8.10. The van der Waals surface area contributed by atoms with Crippen molar-refractivity contribution in [3.8, 4) is 0 Å². The highest BCUT2D eigenvalue weighted by Crippen LogP contribution is 2.26. The topological polar surface area (TPSA) is 120 Å². The minimum Gasteiger partial charge on any atom is -0.381 e. The van der Waals surface area contributed by atoms with E-state index in [1.165, 1.54) is 24.3 Å². The van der Waals surface area contributed by atoms with Crippen molar-refractivity contribution in [1.82, 2.24) is 10.6 Å². The van der Waals surface area contributed by atoms with Crippen molar-refractivity contribution in [3.05, 3.63) is 50.6 Å². The van der Waals surface area contributed by atoms with Crippen molar-refractivity contribution in [2.75, 3.05) is 52.7 Å². The predicted octanol–water partition coefficient (Wildman–Crippen LogP) is 3.11. The molecule has 0 aliphatic heterocycles. The number of amides is 2. The Kier molecular flexibility index (Phi) is 23.1. The third-order valence-electron chi connectivity index (χ3n) is 5.09. The van der Waals surface area contributed by atoms with Gasteiger partial charge in [0.2, 0.25) is 11.8 Å². The van der Waals surface area contributed by atoms with E-state index in [1.807, 2.05) is 0 Å². The molecule has 2 amide bonds. The zero-order valence-corrected chi connectivity index (χ0v) is 21.4. The summed E-state index contributed by atoms with van der Waals surface area (Å²) >= 11 is 0. The molecule has 0 saturated carbocycles. The number of allylic oxidation sites excluding steroid dienone is 2. The molecule has 0 aliphatic carbocycles. The van der Waals surface area contributed by atoms with Crippen LogP contribution in [0.4, 0.5) is 0 Å². The number of hydrogen-bond donors (Lipinski definition) is 2. The summed E-state index contributed by atoms with van der Waals surface area (Å²) in [5.74, 6) is -0.654. The van der Waals surface area contributed by atoms with Gasteiger partial charge in [0.1, 0.15) is 0 Å². The molecule has 0 aromatic rings. The van der Waals surface area contributed by atoms with E-state index in [1.54, 1.807) is 0 Å². The lowest BCUT2D eigenvalue weighted by atomic mass is 9.85. The van der Waals surface area contributed by atoms with Gasteiger partial charge in [-0.25, -0.2) is 0 Å². The number of ketones is 2. The van der Waals surface area contributed by atoms with E-state index in [0.29, 0.717) is 65.0 Å². The average Bonchev–Trinajstić information content (AvgIpc) is 2.89. The maximum atomic E-state index is 12.3. The van der Waals surface area contributed by atoms with Crippen LogP contribution in [0.1, 0.15) is 46.0 Å². The van der Waals surface area contributed by atoms with Crippen molar-refractivity contribution < 1.29 is 33.4 Å². The number of hydrogen-bond acceptors (Lipinski definition) is 7. The molecule has 0 fully saturated rings. The molecule has 9 heteroatoms. The fourth-order valence-corrected chi connectivity index (χ4v) is 3.11. The Morgan fingerprint density at radius 1 is 0.622 bits per heavy atom. The first-order valence-corrected chi connectivity index (χ1v) is 12.2. The normalized spacial score (nSPS) is 10.5. The van der Waals surface area contributed by atoms with Crippen molar-refractivity contribution in [1.29, 1.82) is 0 Å². The monoisotopic (exact) mass is 522 g/mol. The molecule has 0 rings (SSSR count). The van der Waals surface area contributed by atoms with Gasteiger partial charge in [-0.1, -0.05) is 33.7 Å². The number of carbonyl (C=O) groups excluding carboxylic acids is 4. The second-order valence-corrected chi connectivity index (χ2v) is 8.33. The molecule has 0 bridgehead atoms. The smallest absolute Gasteiger partial charge is 0.243 e. The van der Waals surface area contributed by atoms with E-state index in [2.05, 4.69) is 36.9 Å². The van der Waals surface area contributed by atoms with Gasteiger partial charge in [-0.15, -0.1) is 0 Å². The molecule has 0 unspecified atom stereocenters. The van der Waals surface area contributed by atoms with E-state index in [4.69, 9.17) is 14.2 Å². The molecule has 0 aromatic carbocycles. The van der Waals surface area contributed by atoms with Gasteiger partial charge in [-0.05, 0) is 50.0 Å². The van der Waals surface area contributed by atoms with E-state index in [9.17, 15) is 19.2 Å². The van der Waals surface area contributed by atoms with Gasteiger partial charge < -0.3 is 24.8 Å². The minimum atomic E-state index is -0.739. The van der Waals surface area contributed by atoms with Crippen LogP contribution < -0.4 is 10.6 Å². The Morgan fingerprint density at radius 2 is 1.05 bits per heavy atom. The van der Waals surface area contributed by atoms with Crippen molar-refractivity contribution in [2.24, 2.45) is 5.41 Å². The molecule has 2 N–H and O–H groups in total. The summed E-state index contributed by atoms with van der Waals surface area (Å²) in [5.41, 5.74) is -0.739. The summed E-state index contributed by atoms with van der Waals surface area (Å²) in [7, 11) is 0. The van der Waals surface area contributed by atoms with Crippen molar-refractivity contribution in [3.63, 3.8) is 0 Å². The molecule has 0 heterocycles. The Morgan fingerprint density at radius 3 is 1.46 bits per heavy atom. The highest BCUT2D eigenvalue weighted by atomic mass is 16.5. The molecular formula is C28H46N2O7. The number of rotatable bonds is 25. The largest absolute Gasteiger partial charge is 0.381 e. The number of unbranched alkanes of at least 4 members (excludes halogenated alkanes) is 1. The van der Waals surface area contributed by atoms with Gasteiger partial charge >= 0.3 is 0 Å². The van der Waals surface area contributed by atoms with Gasteiger partial charge in [-0.3, -0.25) is 19.2 Å². The second kappa shape index (κ2) is 23.5. The SMILES string of the molecule is C.C=CC(=O)CCCCOCC(COCCCNC(=O)C=C)(COCCCNC(=O)C=C)CC(=O)C=C. The molecule has 0 atom stereocenters. The van der Waals surface area contributed by atoms with Crippen LogP contribution in [0.15, 0.2) is 50.6 Å². The fourth-order valence-electron chi connectivity index (χ4n) is 3.11. The minimum absolute atomic E-state index is 0. The van der Waals surface area contributed by atoms with Gasteiger partial charge in [0, 0.05) is 51.2 Å². The summed E-state index contributed by atoms with van der Waals surface area (Å²) in [6.45, 7) is 16.6. The highest BCUT2D eigenvalue weighted by Gasteiger charge is 2.33. The Hall–Kier alpha value is -2.88. The van der Waals surface area contributed by atoms with Crippen LogP contribution in [-0.4, -0.2) is 76.1 Å². The van der Waals surface area contributed by atoms with Crippen LogP contribution in [0.25, 0.3) is 0 Å². The van der Waals surface area contributed by atoms with Gasteiger partial charge in [-0.2, -0.15) is 0 Å². The molecule has 0 spiro atoms. The van der Waals surface area contributed by atoms with E-state index >= 15 is 0 Å². The quantitative estimate of drug-likeness (QED) is 0.140. The first-order valence-electron chi connectivity index (χ1n) is 12.2. The Labute approximate surface area is 222 Å². The van der Waals surface area contributed by atoms with Crippen LogP contribution in [0.2, 0.25) is 0 Å². The maximum Gasteiger partial charge on any atom is 0.243 e. The van der Waals surface area contributed by atoms with Crippen LogP contribution in [0.5, 0.6) is 0 Å². The van der Waals surface area contributed by atoms with Gasteiger partial charge in [0.05, 0.1) is 19.8 Å². The lowest BCUT2D eigenvalue weighted by molar-refractivity contribution is -0.125. The lowest BCUT2D eigenvalue weighted by Crippen LogP contribution is -2.40. The van der Waals surface area contributed by atoms with Crippen LogP contribution in [0, 0.1) is 5.41 Å². The van der Waals surface area contributed by atoms with E-state index in [0.717, 1.165) is 0 Å². The van der Waals surface area contributed by atoms with E-state index < -0.39 is 5.41 Å². The van der Waals surface area contributed by atoms with Gasteiger partial charge in [0.15, 0.2) is 11.6 Å². The third kappa shape index (κ3) is 19.9. The summed E-state index contributed by atoms with van der Waals surface area (Å²) < 4.78 is 17.6. The number of nitrogens with one attached hydrogen (secondary N) is 2. The zero-order valence-electron chi connectivity index (χ0n) is 21.4. The zero-order chi connectivity index (χ0) is 27.1. The average molecular weight is 523 g/mol. The standard InChI is InChI=1S/C27H42N2O7.CH4/c1-5-23(30)13-9-10-16-34-20-27(19-24(31)6-2,21-35-17-11-14-28-25(32)7-3)22-36-18-12-15-29-26(33)8-4;/h5-8H,1-4,9-22H2,(H,28,32)(H,29,33);1H4. The summed E-state index contributed by atoms with van der Waals surface area (Å²) in [5, 5.41) is 5.37. The molecule has 0 saturated heterocycles. The predicted molar refractivity (Wildman–Crippen MR) is 146 cm³/mol. The summed E-state index contributed by atoms with van der Waals surface area (Å²) in [4.78, 5) is 46.2. The Balaban J connectivity index is 0. The highest BCUT2D eigenvalue weighted by molar-refractivity contribution is 5.89. The van der Waals surface area contributed by atoms with Crippen LogP contribution >= 0.6 is 0 Å². The second-order valence-electron chi connectivity index (χ2n) is 8.33. The summed E-state index contributed by atoms with van der Waals surface area (Å²) in [6, 6.07) is 0. The molecular weight excluding hydrogens is 476 g/mol. The maximum absolute atomic E-state index is 12.3. The molecule has 37 heavy (non-hydrogen) atoms. The molecule has 0 aliphatic rings. The fraction of sp³-hybridized carbons (Fsp3) is 0.571. The van der Waals surface area contributed by atoms with Crippen molar-refractivity contribution in [2.45, 2.75) is 46.0 Å². The lowest BCUT2D eigenvalue weighted by Gasteiger charge is -2.32. The number of carbonyl (C=O) groups is 4. The number of ether oxygens (including phenoxy) is 3.